The van der Waals surface area contributed by atoms with Crippen LogP contribution in [-0.4, -0.2) is 52.4 Å². The number of aliphatic hydroxyl groups is 2. The fourth-order valence-corrected chi connectivity index (χ4v) is 4.77. The molecule has 0 aromatic carbocycles. The van der Waals surface area contributed by atoms with E-state index in [1.54, 1.807) is 13.8 Å². The first kappa shape index (κ1) is 13.9. The third-order valence-electron chi connectivity index (χ3n) is 6.19. The van der Waals surface area contributed by atoms with Crippen molar-refractivity contribution >= 4 is 17.7 Å². The Balaban J connectivity index is 2.02. The van der Waals surface area contributed by atoms with Gasteiger partial charge in [0.15, 0.2) is 11.9 Å². The van der Waals surface area contributed by atoms with Crippen LogP contribution in [0.1, 0.15) is 20.3 Å². The molecule has 118 valence electrons. The largest absolute Gasteiger partial charge is 0.462 e. The number of aliphatic hydroxyl groups excluding tert-OH is 1. The van der Waals surface area contributed by atoms with Crippen molar-refractivity contribution in [2.24, 2.45) is 16.7 Å². The van der Waals surface area contributed by atoms with Crippen molar-refractivity contribution in [3.05, 3.63) is 11.6 Å². The molecule has 2 bridgehead atoms. The highest BCUT2D eigenvalue weighted by Gasteiger charge is 2.78. The smallest absolute Gasteiger partial charge is 0.343 e. The molecule has 2 aliphatic carbocycles. The van der Waals surface area contributed by atoms with Gasteiger partial charge in [-0.3, -0.25) is 4.79 Å². The maximum absolute atomic E-state index is 12.3. The van der Waals surface area contributed by atoms with Crippen LogP contribution < -0.4 is 0 Å². The molecule has 0 unspecified atom stereocenters. The van der Waals surface area contributed by atoms with Crippen LogP contribution in [0.25, 0.3) is 0 Å². The molecule has 0 amide bonds. The van der Waals surface area contributed by atoms with Crippen LogP contribution in [0.2, 0.25) is 0 Å². The predicted molar refractivity (Wildman–Crippen MR) is 69.2 cm³/mol. The van der Waals surface area contributed by atoms with E-state index in [1.807, 2.05) is 0 Å². The highest BCUT2D eigenvalue weighted by molar-refractivity contribution is 6.00. The third kappa shape index (κ3) is 1.10. The lowest BCUT2D eigenvalue weighted by Crippen LogP contribution is -2.71. The summed E-state index contributed by atoms with van der Waals surface area (Å²) in [5.41, 5.74) is -3.94. The van der Waals surface area contributed by atoms with E-state index < -0.39 is 46.5 Å². The Hall–Kier alpha value is -1.73. The van der Waals surface area contributed by atoms with E-state index in [1.165, 1.54) is 6.08 Å². The number of hydrogen-bond donors (Lipinski definition) is 2. The first-order chi connectivity index (χ1) is 10.2. The summed E-state index contributed by atoms with van der Waals surface area (Å²) in [7, 11) is 0. The number of ether oxygens (including phenoxy) is 2. The zero-order valence-corrected chi connectivity index (χ0v) is 12.2. The lowest BCUT2D eigenvalue weighted by Gasteiger charge is -2.57. The minimum atomic E-state index is -2.03. The summed E-state index contributed by atoms with van der Waals surface area (Å²) < 4.78 is 10.2. The van der Waals surface area contributed by atoms with Crippen LogP contribution >= 0.6 is 0 Å². The SMILES string of the molecule is C[C@H]1C(=O)C=C2[C@@]13C[C@@H](OC(=O)[C@@H]3O)[C@@]1(O)C(=O)OC[C@@]21C. The van der Waals surface area contributed by atoms with Crippen LogP contribution in [0.5, 0.6) is 0 Å². The van der Waals surface area contributed by atoms with Crippen LogP contribution in [0, 0.1) is 16.7 Å². The zero-order chi connectivity index (χ0) is 16.1. The first-order valence-corrected chi connectivity index (χ1v) is 7.24. The van der Waals surface area contributed by atoms with Gasteiger partial charge in [-0.25, -0.2) is 9.59 Å². The van der Waals surface area contributed by atoms with Crippen molar-refractivity contribution in [3.8, 4) is 0 Å². The number of ketones is 1. The van der Waals surface area contributed by atoms with Crippen LogP contribution in [-0.2, 0) is 23.9 Å². The number of carbonyl (C=O) groups is 3. The molecule has 6 atom stereocenters. The van der Waals surface area contributed by atoms with E-state index in [4.69, 9.17) is 9.47 Å². The highest BCUT2D eigenvalue weighted by Crippen LogP contribution is 2.66. The lowest BCUT2D eigenvalue weighted by atomic mass is 9.49. The summed E-state index contributed by atoms with van der Waals surface area (Å²) in [4.78, 5) is 36.5. The molecule has 1 saturated carbocycles. The van der Waals surface area contributed by atoms with Gasteiger partial charge in [0, 0.05) is 17.8 Å². The second-order valence-electron chi connectivity index (χ2n) is 6.93. The summed E-state index contributed by atoms with van der Waals surface area (Å²) in [5, 5.41) is 21.4. The average molecular weight is 308 g/mol. The second kappa shape index (κ2) is 3.60. The van der Waals surface area contributed by atoms with Gasteiger partial charge in [-0.15, -0.1) is 0 Å². The van der Waals surface area contributed by atoms with Gasteiger partial charge >= 0.3 is 11.9 Å². The number of hydrogen-bond acceptors (Lipinski definition) is 7. The highest BCUT2D eigenvalue weighted by atomic mass is 16.6. The van der Waals surface area contributed by atoms with Gasteiger partial charge in [-0.1, -0.05) is 6.92 Å². The molecule has 3 fully saturated rings. The van der Waals surface area contributed by atoms with Gasteiger partial charge < -0.3 is 19.7 Å². The molecule has 22 heavy (non-hydrogen) atoms. The van der Waals surface area contributed by atoms with Crippen molar-refractivity contribution < 1.29 is 34.1 Å². The summed E-state index contributed by atoms with van der Waals surface area (Å²) in [6.07, 6.45) is -1.24. The summed E-state index contributed by atoms with van der Waals surface area (Å²) in [6, 6.07) is 0. The number of esters is 2. The number of carbonyl (C=O) groups excluding carboxylic acids is 3. The molecule has 0 radical (unpaired) electrons. The average Bonchev–Trinajstić information content (AvgIpc) is 2.87. The summed E-state index contributed by atoms with van der Waals surface area (Å²) in [5.74, 6) is -2.62. The molecule has 0 aromatic heterocycles. The number of allylic oxidation sites excluding steroid dienone is 1. The molecule has 7 heteroatoms. The Morgan fingerprint density at radius 1 is 1.32 bits per heavy atom. The molecular formula is C15H16O7. The van der Waals surface area contributed by atoms with E-state index in [2.05, 4.69) is 0 Å². The van der Waals surface area contributed by atoms with Gasteiger partial charge in [0.1, 0.15) is 12.7 Å². The van der Waals surface area contributed by atoms with Crippen molar-refractivity contribution in [2.75, 3.05) is 6.61 Å². The van der Waals surface area contributed by atoms with Gasteiger partial charge in [-0.2, -0.15) is 0 Å². The van der Waals surface area contributed by atoms with Crippen LogP contribution in [0.15, 0.2) is 11.6 Å². The molecule has 1 spiro atoms. The fraction of sp³-hybridized carbons (Fsp3) is 0.667. The normalized spacial score (nSPS) is 52.6. The molecule has 2 aliphatic heterocycles. The van der Waals surface area contributed by atoms with E-state index in [0.29, 0.717) is 5.57 Å². The predicted octanol–water partition coefficient (Wildman–Crippen LogP) is -0.898. The monoisotopic (exact) mass is 308 g/mol. The Morgan fingerprint density at radius 2 is 2.00 bits per heavy atom. The Bertz CT molecular complexity index is 667. The fourth-order valence-electron chi connectivity index (χ4n) is 4.77. The molecule has 2 heterocycles. The van der Waals surface area contributed by atoms with E-state index in [0.717, 1.165) is 0 Å². The zero-order valence-electron chi connectivity index (χ0n) is 12.2. The molecule has 2 saturated heterocycles. The third-order valence-corrected chi connectivity index (χ3v) is 6.19. The second-order valence-corrected chi connectivity index (χ2v) is 6.93. The lowest BCUT2D eigenvalue weighted by molar-refractivity contribution is -0.232. The molecule has 4 rings (SSSR count). The van der Waals surface area contributed by atoms with Gasteiger partial charge in [0.2, 0.25) is 5.60 Å². The Labute approximate surface area is 125 Å². The van der Waals surface area contributed by atoms with Crippen molar-refractivity contribution in [1.29, 1.82) is 0 Å². The standard InChI is InChI=1S/C15H16O7/c1-6-7(16)3-8-13(2)5-21-12(19)15(13,20)9-4-14(6,8)10(17)11(18)22-9/h3,6,9-10,17,20H,4-5H2,1-2H3/t6-,9+,10-,13-,14+,15+/m0/s1. The van der Waals surface area contributed by atoms with Crippen molar-refractivity contribution in [1.82, 2.24) is 0 Å². The van der Waals surface area contributed by atoms with Gasteiger partial charge in [-0.05, 0) is 18.6 Å². The van der Waals surface area contributed by atoms with Gasteiger partial charge in [0.05, 0.1) is 5.41 Å². The quantitative estimate of drug-likeness (QED) is 0.558. The summed E-state index contributed by atoms with van der Waals surface area (Å²) in [6.45, 7) is 3.15. The molecule has 7 nitrogen and oxygen atoms in total. The van der Waals surface area contributed by atoms with Crippen LogP contribution in [0.4, 0.5) is 0 Å². The topological polar surface area (TPSA) is 110 Å². The maximum atomic E-state index is 12.3. The number of cyclic esters (lactones) is 1. The van der Waals surface area contributed by atoms with E-state index >= 15 is 0 Å². The minimum Gasteiger partial charge on any atom is -0.462 e. The van der Waals surface area contributed by atoms with E-state index in [9.17, 15) is 24.6 Å². The number of rotatable bonds is 0. The van der Waals surface area contributed by atoms with Crippen molar-refractivity contribution in [3.63, 3.8) is 0 Å². The number of fused-ring (bicyclic) bond motifs is 4. The minimum absolute atomic E-state index is 0.0276. The molecule has 4 aliphatic rings. The molecule has 0 aromatic rings. The van der Waals surface area contributed by atoms with Crippen LogP contribution in [0.3, 0.4) is 0 Å². The first-order valence-electron chi connectivity index (χ1n) is 7.24. The Morgan fingerprint density at radius 3 is 2.68 bits per heavy atom. The Kier molecular flexibility index (Phi) is 2.27. The summed E-state index contributed by atoms with van der Waals surface area (Å²) >= 11 is 0. The maximum Gasteiger partial charge on any atom is 0.343 e. The van der Waals surface area contributed by atoms with E-state index in [-0.39, 0.29) is 18.8 Å². The van der Waals surface area contributed by atoms with Crippen molar-refractivity contribution in [2.45, 2.75) is 38.1 Å². The van der Waals surface area contributed by atoms with Gasteiger partial charge in [0.25, 0.3) is 0 Å². The molecule has 2 N–H and O–H groups in total. The molecular weight excluding hydrogens is 292 g/mol.